The van der Waals surface area contributed by atoms with Crippen LogP contribution in [0.5, 0.6) is 0 Å². The summed E-state index contributed by atoms with van der Waals surface area (Å²) in [7, 11) is 0. The molecule has 3 aliphatic rings. The van der Waals surface area contributed by atoms with E-state index in [-0.39, 0.29) is 29.8 Å². The molecule has 2 unspecified atom stereocenters. The molecular formula is C30H43NO6. The summed E-state index contributed by atoms with van der Waals surface area (Å²) in [6.45, 7) is 7.92. The highest BCUT2D eigenvalue weighted by molar-refractivity contribution is 5.89. The van der Waals surface area contributed by atoms with Gasteiger partial charge < -0.3 is 19.7 Å². The number of carbonyl (C=O) groups is 2. The summed E-state index contributed by atoms with van der Waals surface area (Å²) in [4.78, 5) is 31.2. The van der Waals surface area contributed by atoms with Gasteiger partial charge in [-0.2, -0.15) is 0 Å². The van der Waals surface area contributed by atoms with Crippen LogP contribution >= 0.6 is 0 Å². The maximum Gasteiger partial charge on any atom is 0.309 e. The lowest BCUT2D eigenvalue weighted by Gasteiger charge is -2.46. The molecule has 7 heteroatoms. The van der Waals surface area contributed by atoms with Crippen LogP contribution in [-0.2, 0) is 19.1 Å². The number of Topliss-reactive ketones (excluding diaryl/α,β-unsaturated/α-hetero) is 1. The van der Waals surface area contributed by atoms with Crippen LogP contribution in [0.3, 0.4) is 0 Å². The Morgan fingerprint density at radius 1 is 1.19 bits per heavy atom. The molecule has 2 saturated heterocycles. The fraction of sp³-hybridized carbons (Fsp3) is 0.700. The second-order valence-electron chi connectivity index (χ2n) is 11.7. The first-order chi connectivity index (χ1) is 17.6. The minimum Gasteiger partial charge on any atom is -0.458 e. The van der Waals surface area contributed by atoms with Gasteiger partial charge in [0.1, 0.15) is 11.9 Å². The average molecular weight is 514 g/mol. The number of ether oxygens (including phenoxy) is 2. The number of fused-ring (bicyclic) bond motifs is 1. The Morgan fingerprint density at radius 3 is 2.57 bits per heavy atom. The molecular weight excluding hydrogens is 470 g/mol. The number of aliphatic hydroxyl groups is 2. The van der Waals surface area contributed by atoms with Gasteiger partial charge >= 0.3 is 5.97 Å². The lowest BCUT2D eigenvalue weighted by molar-refractivity contribution is -0.162. The average Bonchev–Trinajstić information content (AvgIpc) is 3.46. The number of hydrogen-bond acceptors (Lipinski definition) is 7. The highest BCUT2D eigenvalue weighted by atomic mass is 16.6. The van der Waals surface area contributed by atoms with Gasteiger partial charge in [-0.15, -0.1) is 0 Å². The molecule has 3 heterocycles. The fourth-order valence-electron chi connectivity index (χ4n) is 6.27. The van der Waals surface area contributed by atoms with E-state index in [0.717, 1.165) is 37.0 Å². The van der Waals surface area contributed by atoms with E-state index >= 15 is 0 Å². The standard InChI is InChI=1S/C30H43NO6/c1-5-22-27(34)19(2)10-8-12-29(4)25(37-29)17-23(20(3)16-21-11-6-7-15-31-21)36-26(33)18-24(32)30(28(22)35)13-9-14-30/h6-7,11,15-16,19,22-25,27,32,34H,5,8-10,12-14,17-18H2,1-4H3/t19-,22+,23-,24-,25?,27+,29?/m0/s1. The van der Waals surface area contributed by atoms with E-state index in [4.69, 9.17) is 9.47 Å². The zero-order valence-electron chi connectivity index (χ0n) is 22.7. The minimum absolute atomic E-state index is 0.0432. The van der Waals surface area contributed by atoms with E-state index < -0.39 is 35.6 Å². The largest absolute Gasteiger partial charge is 0.458 e. The molecule has 37 heavy (non-hydrogen) atoms. The molecule has 1 aromatic heterocycles. The zero-order valence-corrected chi connectivity index (χ0v) is 22.7. The Kier molecular flexibility index (Phi) is 8.56. The Labute approximate surface area is 220 Å². The predicted molar refractivity (Wildman–Crippen MR) is 140 cm³/mol. The first kappa shape index (κ1) is 27.9. The van der Waals surface area contributed by atoms with E-state index in [0.29, 0.717) is 25.7 Å². The monoisotopic (exact) mass is 513 g/mol. The number of aliphatic hydroxyl groups excluding tert-OH is 2. The van der Waals surface area contributed by atoms with Gasteiger partial charge in [-0.3, -0.25) is 14.6 Å². The first-order valence-corrected chi connectivity index (χ1v) is 14.0. The molecule has 1 saturated carbocycles. The van der Waals surface area contributed by atoms with Crippen LogP contribution in [-0.4, -0.2) is 57.0 Å². The number of carbonyl (C=O) groups excluding carboxylic acids is 2. The van der Waals surface area contributed by atoms with Crippen molar-refractivity contribution in [1.82, 2.24) is 4.98 Å². The van der Waals surface area contributed by atoms with Crippen molar-refractivity contribution in [3.8, 4) is 0 Å². The van der Waals surface area contributed by atoms with E-state index in [1.165, 1.54) is 0 Å². The SMILES string of the molecule is CC[C@H]1C(=O)C2(CCC2)[C@@H](O)CC(=O)O[C@H](C(C)=Cc2ccccn2)CC2OC2(C)CCC[C@H](C)[C@H]1O. The van der Waals surface area contributed by atoms with Gasteiger partial charge in [0.05, 0.1) is 41.4 Å². The van der Waals surface area contributed by atoms with Crippen LogP contribution in [0.1, 0.15) is 91.2 Å². The number of ketones is 1. The molecule has 1 spiro atoms. The van der Waals surface area contributed by atoms with E-state index in [9.17, 15) is 19.8 Å². The second-order valence-corrected chi connectivity index (χ2v) is 11.7. The number of epoxide rings is 1. The van der Waals surface area contributed by atoms with Crippen molar-refractivity contribution in [2.24, 2.45) is 17.3 Å². The summed E-state index contributed by atoms with van der Waals surface area (Å²) in [6.07, 6.45) is 6.36. The number of rotatable bonds is 3. The normalized spacial score (nSPS) is 37.4. The van der Waals surface area contributed by atoms with E-state index in [1.807, 2.05) is 45.0 Å². The molecule has 1 aromatic rings. The minimum atomic E-state index is -1.13. The van der Waals surface area contributed by atoms with Crippen molar-refractivity contribution in [3.05, 3.63) is 35.7 Å². The summed E-state index contributed by atoms with van der Waals surface area (Å²) < 4.78 is 12.0. The third kappa shape index (κ3) is 5.99. The van der Waals surface area contributed by atoms with Gasteiger partial charge in [0.15, 0.2) is 0 Å². The van der Waals surface area contributed by atoms with Gasteiger partial charge in [-0.25, -0.2) is 0 Å². The molecule has 3 fully saturated rings. The highest BCUT2D eigenvalue weighted by Gasteiger charge is 2.55. The lowest BCUT2D eigenvalue weighted by atomic mass is 9.58. The van der Waals surface area contributed by atoms with E-state index in [1.54, 1.807) is 6.20 Å². The summed E-state index contributed by atoms with van der Waals surface area (Å²) in [5.41, 5.74) is 0.356. The summed E-state index contributed by atoms with van der Waals surface area (Å²) in [5, 5.41) is 22.3. The van der Waals surface area contributed by atoms with Crippen LogP contribution < -0.4 is 0 Å². The number of nitrogens with zero attached hydrogens (tertiary/aromatic N) is 1. The number of cyclic esters (lactones) is 1. The second kappa shape index (κ2) is 11.3. The van der Waals surface area contributed by atoms with Crippen LogP contribution in [0.15, 0.2) is 30.0 Å². The number of aromatic nitrogens is 1. The molecule has 2 aliphatic heterocycles. The van der Waals surface area contributed by atoms with Crippen molar-refractivity contribution < 1.29 is 29.3 Å². The third-order valence-corrected chi connectivity index (χ3v) is 9.15. The third-order valence-electron chi connectivity index (χ3n) is 9.15. The molecule has 0 aromatic carbocycles. The van der Waals surface area contributed by atoms with Gasteiger partial charge in [0.2, 0.25) is 0 Å². The number of esters is 1. The summed E-state index contributed by atoms with van der Waals surface area (Å²) >= 11 is 0. The number of pyridine rings is 1. The maximum atomic E-state index is 13.7. The zero-order chi connectivity index (χ0) is 26.8. The highest BCUT2D eigenvalue weighted by Crippen LogP contribution is 2.49. The van der Waals surface area contributed by atoms with Crippen molar-refractivity contribution in [2.75, 3.05) is 0 Å². The van der Waals surface area contributed by atoms with Gasteiger partial charge in [0, 0.05) is 18.5 Å². The Morgan fingerprint density at radius 2 is 1.95 bits per heavy atom. The van der Waals surface area contributed by atoms with Gasteiger partial charge in [-0.05, 0) is 75.7 Å². The molecule has 2 N–H and O–H groups in total. The van der Waals surface area contributed by atoms with Gasteiger partial charge in [-0.1, -0.05) is 32.8 Å². The van der Waals surface area contributed by atoms with Crippen molar-refractivity contribution >= 4 is 17.8 Å². The Balaban J connectivity index is 1.60. The molecule has 1 aliphatic carbocycles. The maximum absolute atomic E-state index is 13.7. The molecule has 204 valence electrons. The van der Waals surface area contributed by atoms with Crippen molar-refractivity contribution in [1.29, 1.82) is 0 Å². The van der Waals surface area contributed by atoms with Crippen LogP contribution in [0.4, 0.5) is 0 Å². The van der Waals surface area contributed by atoms with Crippen LogP contribution in [0.25, 0.3) is 6.08 Å². The molecule has 7 nitrogen and oxygen atoms in total. The smallest absolute Gasteiger partial charge is 0.309 e. The van der Waals surface area contributed by atoms with E-state index in [2.05, 4.69) is 11.9 Å². The Hall–Kier alpha value is -2.09. The topological polar surface area (TPSA) is 109 Å². The number of hydrogen-bond donors (Lipinski definition) is 2. The van der Waals surface area contributed by atoms with Crippen LogP contribution in [0.2, 0.25) is 0 Å². The molecule has 0 radical (unpaired) electrons. The van der Waals surface area contributed by atoms with Gasteiger partial charge in [0.25, 0.3) is 0 Å². The molecule has 4 rings (SSSR count). The first-order valence-electron chi connectivity index (χ1n) is 14.0. The molecule has 0 bridgehead atoms. The quantitative estimate of drug-likeness (QED) is 0.448. The predicted octanol–water partition coefficient (Wildman–Crippen LogP) is 4.64. The fourth-order valence-corrected chi connectivity index (χ4v) is 6.27. The summed E-state index contributed by atoms with van der Waals surface area (Å²) in [5.74, 6) is -1.22. The van der Waals surface area contributed by atoms with Crippen LogP contribution in [0, 0.1) is 17.3 Å². The summed E-state index contributed by atoms with van der Waals surface area (Å²) in [6, 6.07) is 5.66. The Bertz CT molecular complexity index is 989. The molecule has 7 atom stereocenters. The van der Waals surface area contributed by atoms with Crippen molar-refractivity contribution in [2.45, 2.75) is 115 Å². The molecule has 0 amide bonds. The van der Waals surface area contributed by atoms with Crippen molar-refractivity contribution in [3.63, 3.8) is 0 Å². The lowest BCUT2D eigenvalue weighted by Crippen LogP contribution is -2.53.